The Morgan fingerprint density at radius 2 is 1.53 bits per heavy atom. The first kappa shape index (κ1) is 34.1. The number of hydrogen-bond donors (Lipinski definition) is 2. The molecular formula is C34H34F6N4O3. The van der Waals surface area contributed by atoms with Crippen molar-refractivity contribution >= 4 is 33.4 Å². The zero-order valence-electron chi connectivity index (χ0n) is 25.8. The summed E-state index contributed by atoms with van der Waals surface area (Å²) in [5.74, 6) is -3.09. The highest BCUT2D eigenvalue weighted by Gasteiger charge is 2.61. The van der Waals surface area contributed by atoms with Crippen molar-refractivity contribution in [3.8, 4) is 11.1 Å². The predicted molar refractivity (Wildman–Crippen MR) is 166 cm³/mol. The van der Waals surface area contributed by atoms with Crippen LogP contribution in [0, 0.1) is 5.41 Å². The minimum atomic E-state index is -5.10. The molecule has 0 saturated carbocycles. The first-order valence-corrected chi connectivity index (χ1v) is 15.0. The number of nitrogens with zero attached hydrogens (tertiary/aromatic N) is 3. The standard InChI is InChI=1S/C34H34F6N4O3/c1-43(2)19-22-9-10-27(28-18-41-14-11-24(22)28)26-8-4-6-23-21(5-3-7-25(23)26)17-29(30(45)46)42-31(47)32(34(38,39)40)12-15-44(16-13-32)20-33(35,36)37/h3-11,14,18,29H,12-13,15-17,19-20H2,1-2H3,(H,42,47)(H,45,46)/t29-/m0/s1. The van der Waals surface area contributed by atoms with Crippen LogP contribution < -0.4 is 5.32 Å². The number of benzene rings is 3. The maximum atomic E-state index is 14.3. The Morgan fingerprint density at radius 1 is 0.894 bits per heavy atom. The summed E-state index contributed by atoms with van der Waals surface area (Å²) < 4.78 is 81.6. The summed E-state index contributed by atoms with van der Waals surface area (Å²) >= 11 is 0. The number of rotatable bonds is 9. The van der Waals surface area contributed by atoms with Crippen molar-refractivity contribution in [2.45, 2.75) is 44.2 Å². The van der Waals surface area contributed by atoms with E-state index in [1.54, 1.807) is 36.7 Å². The SMILES string of the molecule is CN(C)Cc1ccc(-c2cccc3c(C[C@H](NC(=O)C4(C(F)(F)F)CCN(CC(F)(F)F)CC4)C(=O)O)cccc23)c2cnccc12. The molecule has 2 heterocycles. The fourth-order valence-corrected chi connectivity index (χ4v) is 6.46. The van der Waals surface area contributed by atoms with E-state index in [4.69, 9.17) is 0 Å². The third-order valence-electron chi connectivity index (χ3n) is 8.81. The first-order chi connectivity index (χ1) is 22.1. The molecule has 1 fully saturated rings. The summed E-state index contributed by atoms with van der Waals surface area (Å²) in [5.41, 5.74) is 0.328. The van der Waals surface area contributed by atoms with Crippen LogP contribution in [0.3, 0.4) is 0 Å². The number of aromatic nitrogens is 1. The van der Waals surface area contributed by atoms with Crippen molar-refractivity contribution in [1.82, 2.24) is 20.1 Å². The molecule has 1 saturated heterocycles. The smallest absolute Gasteiger partial charge is 0.403 e. The molecule has 13 heteroatoms. The minimum Gasteiger partial charge on any atom is -0.480 e. The van der Waals surface area contributed by atoms with Crippen LogP contribution in [0.2, 0.25) is 0 Å². The highest BCUT2D eigenvalue weighted by molar-refractivity contribution is 6.06. The third-order valence-corrected chi connectivity index (χ3v) is 8.81. The molecule has 0 spiro atoms. The van der Waals surface area contributed by atoms with Gasteiger partial charge in [0.1, 0.15) is 11.5 Å². The van der Waals surface area contributed by atoms with E-state index in [-0.39, 0.29) is 6.42 Å². The number of halogens is 6. The van der Waals surface area contributed by atoms with Crippen LogP contribution in [-0.2, 0) is 22.6 Å². The van der Waals surface area contributed by atoms with Gasteiger partial charge in [-0.25, -0.2) is 4.79 Å². The number of carbonyl (C=O) groups is 2. The van der Waals surface area contributed by atoms with E-state index >= 15 is 0 Å². The quantitative estimate of drug-likeness (QED) is 0.201. The lowest BCUT2D eigenvalue weighted by Gasteiger charge is -2.42. The number of alkyl halides is 6. The molecule has 1 amide bonds. The van der Waals surface area contributed by atoms with Crippen molar-refractivity contribution in [3.63, 3.8) is 0 Å². The molecule has 0 unspecified atom stereocenters. The Labute approximate surface area is 267 Å². The molecule has 3 aromatic carbocycles. The van der Waals surface area contributed by atoms with E-state index in [1.165, 1.54) is 0 Å². The number of carboxylic acids is 1. The van der Waals surface area contributed by atoms with Crippen molar-refractivity contribution in [1.29, 1.82) is 0 Å². The van der Waals surface area contributed by atoms with E-state index in [0.29, 0.717) is 17.5 Å². The number of carboxylic acid groups (broad SMARTS) is 1. The van der Waals surface area contributed by atoms with Gasteiger partial charge in [-0.15, -0.1) is 0 Å². The summed E-state index contributed by atoms with van der Waals surface area (Å²) in [6, 6.07) is 15.0. The predicted octanol–water partition coefficient (Wildman–Crippen LogP) is 6.44. The molecule has 47 heavy (non-hydrogen) atoms. The monoisotopic (exact) mass is 660 g/mol. The minimum absolute atomic E-state index is 0.319. The summed E-state index contributed by atoms with van der Waals surface area (Å²) in [6.45, 7) is -1.91. The number of fused-ring (bicyclic) bond motifs is 2. The van der Waals surface area contributed by atoms with Gasteiger partial charge in [0.15, 0.2) is 0 Å². The van der Waals surface area contributed by atoms with Crippen molar-refractivity contribution in [2.75, 3.05) is 33.7 Å². The number of piperidine rings is 1. The molecule has 0 bridgehead atoms. The van der Waals surface area contributed by atoms with E-state index in [1.807, 2.05) is 44.4 Å². The lowest BCUT2D eigenvalue weighted by atomic mass is 9.76. The topological polar surface area (TPSA) is 85.8 Å². The number of pyridine rings is 1. The van der Waals surface area contributed by atoms with Gasteiger partial charge < -0.3 is 15.3 Å². The molecule has 5 rings (SSSR count). The van der Waals surface area contributed by atoms with Crippen molar-refractivity contribution in [3.05, 3.63) is 78.1 Å². The van der Waals surface area contributed by atoms with Gasteiger partial charge in [-0.05, 0) is 84.5 Å². The lowest BCUT2D eigenvalue weighted by molar-refractivity contribution is -0.236. The van der Waals surface area contributed by atoms with Gasteiger partial charge in [0, 0.05) is 30.7 Å². The van der Waals surface area contributed by atoms with Crippen LogP contribution >= 0.6 is 0 Å². The Balaban J connectivity index is 1.45. The lowest BCUT2D eigenvalue weighted by Crippen LogP contribution is -2.59. The van der Waals surface area contributed by atoms with Gasteiger partial charge in [-0.3, -0.25) is 14.7 Å². The van der Waals surface area contributed by atoms with Crippen LogP contribution in [0.5, 0.6) is 0 Å². The maximum Gasteiger partial charge on any atom is 0.403 e. The van der Waals surface area contributed by atoms with Crippen molar-refractivity contribution < 1.29 is 41.0 Å². The normalized spacial score (nSPS) is 16.4. The van der Waals surface area contributed by atoms with Gasteiger partial charge in [-0.2, -0.15) is 26.3 Å². The Kier molecular flexibility index (Phi) is 9.52. The molecule has 1 atom stereocenters. The van der Waals surface area contributed by atoms with Gasteiger partial charge in [-0.1, -0.05) is 48.5 Å². The van der Waals surface area contributed by atoms with Gasteiger partial charge in [0.25, 0.3) is 0 Å². The molecule has 0 aliphatic carbocycles. The van der Waals surface area contributed by atoms with Crippen LogP contribution in [0.15, 0.2) is 67.0 Å². The highest BCUT2D eigenvalue weighted by Crippen LogP contribution is 2.47. The van der Waals surface area contributed by atoms with Gasteiger partial charge >= 0.3 is 18.3 Å². The van der Waals surface area contributed by atoms with Crippen LogP contribution in [-0.4, -0.2) is 83.9 Å². The number of nitrogens with one attached hydrogen (secondary N) is 1. The van der Waals surface area contributed by atoms with E-state index in [2.05, 4.69) is 15.2 Å². The van der Waals surface area contributed by atoms with Crippen molar-refractivity contribution in [2.24, 2.45) is 5.41 Å². The summed E-state index contributed by atoms with van der Waals surface area (Å²) in [6.07, 6.45) is -8.35. The largest absolute Gasteiger partial charge is 0.480 e. The Bertz CT molecular complexity index is 1780. The van der Waals surface area contributed by atoms with Crippen LogP contribution in [0.4, 0.5) is 26.3 Å². The fraction of sp³-hybridized carbons (Fsp3) is 0.382. The fourth-order valence-electron chi connectivity index (χ4n) is 6.46. The Hall–Kier alpha value is -4.23. The number of hydrogen-bond acceptors (Lipinski definition) is 5. The molecule has 1 aliphatic heterocycles. The molecule has 4 aromatic rings. The number of carbonyl (C=O) groups excluding carboxylic acids is 1. The summed E-state index contributed by atoms with van der Waals surface area (Å²) in [4.78, 5) is 32.8. The van der Waals surface area contributed by atoms with Crippen LogP contribution in [0.1, 0.15) is 24.0 Å². The zero-order valence-corrected chi connectivity index (χ0v) is 25.8. The number of amides is 1. The molecule has 7 nitrogen and oxygen atoms in total. The second-order valence-electron chi connectivity index (χ2n) is 12.3. The van der Waals surface area contributed by atoms with E-state index in [0.717, 1.165) is 37.7 Å². The van der Waals surface area contributed by atoms with E-state index in [9.17, 15) is 41.0 Å². The van der Waals surface area contributed by atoms with E-state index < -0.39 is 68.2 Å². The molecule has 2 N–H and O–H groups in total. The van der Waals surface area contributed by atoms with Crippen LogP contribution in [0.25, 0.3) is 32.7 Å². The summed E-state index contributed by atoms with van der Waals surface area (Å²) in [7, 11) is 3.95. The van der Waals surface area contributed by atoms with Gasteiger partial charge in [0.2, 0.25) is 5.91 Å². The molecule has 250 valence electrons. The highest BCUT2D eigenvalue weighted by atomic mass is 19.4. The third kappa shape index (κ3) is 7.20. The zero-order chi connectivity index (χ0) is 34.1. The molecule has 1 aromatic heterocycles. The number of aliphatic carboxylic acids is 1. The average molecular weight is 661 g/mol. The van der Waals surface area contributed by atoms with Gasteiger partial charge in [0.05, 0.1) is 6.54 Å². The summed E-state index contributed by atoms with van der Waals surface area (Å²) in [5, 5.41) is 15.5. The second-order valence-corrected chi connectivity index (χ2v) is 12.3. The average Bonchev–Trinajstić information content (AvgIpc) is 2.99. The first-order valence-electron chi connectivity index (χ1n) is 15.0. The molecular weight excluding hydrogens is 626 g/mol. The molecule has 0 radical (unpaired) electrons. The molecule has 1 aliphatic rings. The second kappa shape index (κ2) is 13.1. The number of likely N-dealkylation sites (tertiary alicyclic amines) is 1. The Morgan fingerprint density at radius 3 is 2.17 bits per heavy atom. The maximum absolute atomic E-state index is 14.3.